The number of hydrogen-bond acceptors (Lipinski definition) is 8. The summed E-state index contributed by atoms with van der Waals surface area (Å²) in [5.41, 5.74) is 0. The van der Waals surface area contributed by atoms with Gasteiger partial charge in [0.05, 0.1) is 6.61 Å². The van der Waals surface area contributed by atoms with Gasteiger partial charge in [-0.1, -0.05) is 35.4 Å². The van der Waals surface area contributed by atoms with Crippen molar-refractivity contribution in [2.45, 2.75) is 65.3 Å². The molecular formula is C24H46N6O6S2. The van der Waals surface area contributed by atoms with Crippen LogP contribution in [0.5, 0.6) is 0 Å². The zero-order chi connectivity index (χ0) is 28.6. The number of amides is 6. The van der Waals surface area contributed by atoms with E-state index < -0.39 is 6.04 Å². The third kappa shape index (κ3) is 23.0. The Labute approximate surface area is 234 Å². The molecule has 0 aromatic rings. The van der Waals surface area contributed by atoms with Crippen LogP contribution in [0.3, 0.4) is 0 Å². The predicted octanol–water partition coefficient (Wildman–Crippen LogP) is 0.509. The van der Waals surface area contributed by atoms with E-state index in [9.17, 15) is 24.0 Å². The number of urea groups is 1. The number of nitrogens with one attached hydrogen (secondary N) is 6. The second-order valence-electron chi connectivity index (χ2n) is 8.97. The number of unbranched alkanes of at least 4 members (excludes halogenated alkanes) is 1. The molecule has 0 heterocycles. The fourth-order valence-electron chi connectivity index (χ4n) is 2.99. The van der Waals surface area contributed by atoms with Gasteiger partial charge in [0, 0.05) is 64.0 Å². The maximum atomic E-state index is 12.3. The highest BCUT2D eigenvalue weighted by molar-refractivity contribution is 8.76. The topological polar surface area (TPSA) is 178 Å². The summed E-state index contributed by atoms with van der Waals surface area (Å²) >= 11 is 0. The largest absolute Gasteiger partial charge is 0.395 e. The van der Waals surface area contributed by atoms with E-state index in [1.54, 1.807) is 21.6 Å². The first-order valence-corrected chi connectivity index (χ1v) is 15.6. The minimum absolute atomic E-state index is 0.0491. The van der Waals surface area contributed by atoms with E-state index in [0.29, 0.717) is 51.2 Å². The van der Waals surface area contributed by atoms with Crippen molar-refractivity contribution in [1.82, 2.24) is 31.9 Å². The maximum Gasteiger partial charge on any atom is 0.314 e. The summed E-state index contributed by atoms with van der Waals surface area (Å²) in [6.45, 7) is 7.22. The van der Waals surface area contributed by atoms with Crippen molar-refractivity contribution in [3.8, 4) is 0 Å². The Bertz CT molecular complexity index is 714. The quantitative estimate of drug-likeness (QED) is 0.0717. The molecule has 12 nitrogen and oxygen atoms in total. The Kier molecular flexibility index (Phi) is 22.5. The monoisotopic (exact) mass is 578 g/mol. The third-order valence-electron chi connectivity index (χ3n) is 5.00. The van der Waals surface area contributed by atoms with Crippen LogP contribution in [0.15, 0.2) is 0 Å². The number of carbonyl (C=O) groups excluding carboxylic acids is 5. The van der Waals surface area contributed by atoms with Gasteiger partial charge in [0.25, 0.3) is 0 Å². The van der Waals surface area contributed by atoms with Gasteiger partial charge >= 0.3 is 6.03 Å². The van der Waals surface area contributed by atoms with E-state index in [1.807, 2.05) is 13.8 Å². The van der Waals surface area contributed by atoms with Crippen molar-refractivity contribution < 1.29 is 29.1 Å². The molecule has 0 spiro atoms. The lowest BCUT2D eigenvalue weighted by molar-refractivity contribution is -0.129. The van der Waals surface area contributed by atoms with Gasteiger partial charge in [-0.2, -0.15) is 0 Å². The molecule has 0 saturated carbocycles. The minimum Gasteiger partial charge on any atom is -0.395 e. The molecule has 38 heavy (non-hydrogen) atoms. The summed E-state index contributed by atoms with van der Waals surface area (Å²) < 4.78 is 0. The van der Waals surface area contributed by atoms with Gasteiger partial charge in [0.15, 0.2) is 0 Å². The van der Waals surface area contributed by atoms with Gasteiger partial charge in [-0.3, -0.25) is 19.2 Å². The predicted molar refractivity (Wildman–Crippen MR) is 153 cm³/mol. The summed E-state index contributed by atoms with van der Waals surface area (Å²) in [7, 11) is 3.23. The van der Waals surface area contributed by atoms with Gasteiger partial charge in [0.1, 0.15) is 6.04 Å². The number of hydrogen-bond donors (Lipinski definition) is 7. The average Bonchev–Trinajstić information content (AvgIpc) is 2.86. The van der Waals surface area contributed by atoms with Crippen LogP contribution >= 0.6 is 21.6 Å². The first-order valence-electron chi connectivity index (χ1n) is 13.1. The molecule has 1 unspecified atom stereocenters. The van der Waals surface area contributed by atoms with Crippen molar-refractivity contribution in [1.29, 1.82) is 0 Å². The third-order valence-corrected chi connectivity index (χ3v) is 7.41. The summed E-state index contributed by atoms with van der Waals surface area (Å²) in [4.78, 5) is 59.0. The van der Waals surface area contributed by atoms with Gasteiger partial charge in [-0.05, 0) is 31.6 Å². The van der Waals surface area contributed by atoms with Crippen LogP contribution < -0.4 is 31.9 Å². The van der Waals surface area contributed by atoms with Gasteiger partial charge < -0.3 is 37.0 Å². The van der Waals surface area contributed by atoms with Crippen LogP contribution in [0.4, 0.5) is 4.79 Å². The molecular weight excluding hydrogens is 532 g/mol. The fourth-order valence-corrected chi connectivity index (χ4v) is 4.81. The molecule has 0 bridgehead atoms. The Morgan fingerprint density at radius 2 is 1.37 bits per heavy atom. The molecule has 0 aliphatic rings. The Morgan fingerprint density at radius 1 is 0.711 bits per heavy atom. The minimum atomic E-state index is -0.680. The summed E-state index contributed by atoms with van der Waals surface area (Å²) in [5, 5.41) is 25.2. The van der Waals surface area contributed by atoms with Crippen molar-refractivity contribution in [3.05, 3.63) is 0 Å². The Morgan fingerprint density at radius 3 is 2.00 bits per heavy atom. The summed E-state index contributed by atoms with van der Waals surface area (Å²) in [5.74, 6) is 1.17. The average molecular weight is 579 g/mol. The Balaban J connectivity index is 3.96. The fraction of sp³-hybridized carbons (Fsp3) is 0.792. The lowest BCUT2D eigenvalue weighted by Gasteiger charge is -2.18. The van der Waals surface area contributed by atoms with Crippen LogP contribution in [0.25, 0.3) is 0 Å². The molecule has 0 rings (SSSR count). The first kappa shape index (κ1) is 35.8. The van der Waals surface area contributed by atoms with Crippen LogP contribution in [-0.2, 0) is 19.2 Å². The zero-order valence-corrected chi connectivity index (χ0v) is 24.5. The molecule has 0 fully saturated rings. The van der Waals surface area contributed by atoms with Crippen molar-refractivity contribution in [3.63, 3.8) is 0 Å². The molecule has 0 aromatic carbocycles. The highest BCUT2D eigenvalue weighted by atomic mass is 33.1. The van der Waals surface area contributed by atoms with Gasteiger partial charge in [-0.25, -0.2) is 4.79 Å². The molecule has 0 aliphatic heterocycles. The standard InChI is InChI=1S/C24H46N6O6S2/c1-18(2)7-8-22(34)30-20(23(35)27-12-15-31)6-4-5-10-26-21(33)9-11-28-24(36)29-14-17-38-37-16-13-25-19(3)32/h18,20,31H,4-17H2,1-3H3,(H,25,32)(H,26,33)(H,27,35)(H,30,34)(H2,28,29,36). The van der Waals surface area contributed by atoms with Crippen molar-refractivity contribution >= 4 is 51.2 Å². The molecule has 0 radical (unpaired) electrons. The molecule has 14 heteroatoms. The van der Waals surface area contributed by atoms with E-state index >= 15 is 0 Å². The van der Waals surface area contributed by atoms with Gasteiger partial charge in [0.2, 0.25) is 23.6 Å². The number of rotatable bonds is 22. The lowest BCUT2D eigenvalue weighted by atomic mass is 10.1. The van der Waals surface area contributed by atoms with E-state index in [-0.39, 0.29) is 55.8 Å². The molecule has 7 N–H and O–H groups in total. The van der Waals surface area contributed by atoms with Crippen LogP contribution in [0.1, 0.15) is 59.3 Å². The highest BCUT2D eigenvalue weighted by Gasteiger charge is 2.20. The zero-order valence-electron chi connectivity index (χ0n) is 22.9. The van der Waals surface area contributed by atoms with Crippen LogP contribution in [-0.4, -0.2) is 91.6 Å². The van der Waals surface area contributed by atoms with Crippen molar-refractivity contribution in [2.24, 2.45) is 5.92 Å². The van der Waals surface area contributed by atoms with Crippen molar-refractivity contribution in [2.75, 3.05) is 50.8 Å². The Hall–Kier alpha value is -2.19. The molecule has 0 aromatic heterocycles. The molecule has 1 atom stereocenters. The lowest BCUT2D eigenvalue weighted by Crippen LogP contribution is -2.47. The SMILES string of the molecule is CC(=O)NCCSSCCNC(=O)NCCC(=O)NCCCCC(NC(=O)CCC(C)C)C(=O)NCCO. The van der Waals surface area contributed by atoms with Crippen LogP contribution in [0.2, 0.25) is 0 Å². The summed E-state index contributed by atoms with van der Waals surface area (Å²) in [6, 6.07) is -1.01. The van der Waals surface area contributed by atoms with Gasteiger partial charge in [-0.15, -0.1) is 0 Å². The first-order chi connectivity index (χ1) is 18.1. The normalized spacial score (nSPS) is 11.4. The smallest absolute Gasteiger partial charge is 0.314 e. The second-order valence-corrected chi connectivity index (χ2v) is 11.7. The van der Waals surface area contributed by atoms with E-state index in [2.05, 4.69) is 31.9 Å². The van der Waals surface area contributed by atoms with E-state index in [1.165, 1.54) is 6.92 Å². The summed E-state index contributed by atoms with van der Waals surface area (Å²) in [6.07, 6.45) is 2.91. The molecule has 6 amide bonds. The number of carbonyl (C=O) groups is 5. The molecule has 0 saturated heterocycles. The molecule has 220 valence electrons. The second kappa shape index (κ2) is 23.9. The van der Waals surface area contributed by atoms with Crippen LogP contribution in [0, 0.1) is 5.92 Å². The highest BCUT2D eigenvalue weighted by Crippen LogP contribution is 2.19. The van der Waals surface area contributed by atoms with E-state index in [4.69, 9.17) is 5.11 Å². The number of aliphatic hydroxyl groups excluding tert-OH is 1. The number of aliphatic hydroxyl groups is 1. The maximum absolute atomic E-state index is 12.3. The van der Waals surface area contributed by atoms with E-state index in [0.717, 1.165) is 17.9 Å². The molecule has 0 aliphatic carbocycles.